The summed E-state index contributed by atoms with van der Waals surface area (Å²) in [7, 11) is 0. The highest BCUT2D eigenvalue weighted by Gasteiger charge is 2.17. The number of piperazine rings is 1. The number of hydrogen-bond donors (Lipinski definition) is 1. The zero-order chi connectivity index (χ0) is 15.4. The molecule has 0 saturated carbocycles. The molecule has 1 atom stereocenters. The average molecular weight is 296 g/mol. The van der Waals surface area contributed by atoms with Gasteiger partial charge in [-0.25, -0.2) is 0 Å². The van der Waals surface area contributed by atoms with Crippen LogP contribution in [-0.4, -0.2) is 36.2 Å². The van der Waals surface area contributed by atoms with Crippen LogP contribution in [0.4, 0.5) is 5.69 Å². The van der Waals surface area contributed by atoms with E-state index in [4.69, 9.17) is 0 Å². The zero-order valence-corrected chi connectivity index (χ0v) is 13.2. The van der Waals surface area contributed by atoms with Crippen LogP contribution < -0.4 is 4.90 Å². The van der Waals surface area contributed by atoms with Gasteiger partial charge in [0.05, 0.1) is 6.10 Å². The summed E-state index contributed by atoms with van der Waals surface area (Å²) in [5, 5.41) is 9.58. The normalized spacial score (nSPS) is 17.5. The Morgan fingerprint density at radius 2 is 1.55 bits per heavy atom. The maximum Gasteiger partial charge on any atom is 0.0761 e. The van der Waals surface area contributed by atoms with Crippen molar-refractivity contribution in [3.05, 3.63) is 65.7 Å². The fraction of sp³-hybridized carbons (Fsp3) is 0.368. The number of aliphatic hydroxyl groups is 1. The van der Waals surface area contributed by atoms with E-state index in [0.717, 1.165) is 38.3 Å². The third-order valence-electron chi connectivity index (χ3n) is 4.36. The molecule has 3 heteroatoms. The van der Waals surface area contributed by atoms with Gasteiger partial charge in [-0.1, -0.05) is 42.5 Å². The molecule has 116 valence electrons. The first-order valence-corrected chi connectivity index (χ1v) is 8.01. The van der Waals surface area contributed by atoms with E-state index >= 15 is 0 Å². The van der Waals surface area contributed by atoms with Crippen molar-refractivity contribution in [2.75, 3.05) is 31.1 Å². The molecule has 2 aromatic carbocycles. The van der Waals surface area contributed by atoms with E-state index in [2.05, 4.69) is 52.3 Å². The lowest BCUT2D eigenvalue weighted by atomic mass is 10.1. The van der Waals surface area contributed by atoms with Crippen LogP contribution in [0.3, 0.4) is 0 Å². The molecular weight excluding hydrogens is 272 g/mol. The van der Waals surface area contributed by atoms with Crippen LogP contribution >= 0.6 is 0 Å². The lowest BCUT2D eigenvalue weighted by Crippen LogP contribution is -2.45. The van der Waals surface area contributed by atoms with Gasteiger partial charge in [-0.05, 0) is 30.2 Å². The van der Waals surface area contributed by atoms with E-state index in [1.165, 1.54) is 11.3 Å². The maximum absolute atomic E-state index is 9.58. The summed E-state index contributed by atoms with van der Waals surface area (Å²) >= 11 is 0. The summed E-state index contributed by atoms with van der Waals surface area (Å²) in [5.41, 5.74) is 3.62. The van der Waals surface area contributed by atoms with Gasteiger partial charge in [0.15, 0.2) is 0 Å². The van der Waals surface area contributed by atoms with Crippen molar-refractivity contribution < 1.29 is 5.11 Å². The van der Waals surface area contributed by atoms with Crippen molar-refractivity contribution >= 4 is 5.69 Å². The largest absolute Gasteiger partial charge is 0.389 e. The minimum Gasteiger partial charge on any atom is -0.389 e. The van der Waals surface area contributed by atoms with Gasteiger partial charge >= 0.3 is 0 Å². The van der Waals surface area contributed by atoms with Crippen molar-refractivity contribution in [2.45, 2.75) is 19.6 Å². The number of rotatable bonds is 4. The molecule has 2 aromatic rings. The van der Waals surface area contributed by atoms with E-state index in [9.17, 15) is 5.11 Å². The highest BCUT2D eigenvalue weighted by atomic mass is 16.3. The van der Waals surface area contributed by atoms with Gasteiger partial charge in [0.2, 0.25) is 0 Å². The molecule has 0 aliphatic carbocycles. The molecule has 0 amide bonds. The Labute approximate surface area is 132 Å². The smallest absolute Gasteiger partial charge is 0.0761 e. The molecule has 0 spiro atoms. The van der Waals surface area contributed by atoms with Gasteiger partial charge in [0, 0.05) is 38.4 Å². The summed E-state index contributed by atoms with van der Waals surface area (Å²) in [5.74, 6) is 0. The fourth-order valence-electron chi connectivity index (χ4n) is 2.97. The standard InChI is InChI=1S/C19H24N2O/c1-16(22)18-7-9-19(10-8-18)21-13-11-20(12-14-21)15-17-5-3-2-4-6-17/h2-10,16,22H,11-15H2,1H3. The van der Waals surface area contributed by atoms with E-state index in [0.29, 0.717) is 0 Å². The quantitative estimate of drug-likeness (QED) is 0.939. The number of hydrogen-bond acceptors (Lipinski definition) is 3. The topological polar surface area (TPSA) is 26.7 Å². The first kappa shape index (κ1) is 15.1. The van der Waals surface area contributed by atoms with Gasteiger partial charge < -0.3 is 10.0 Å². The van der Waals surface area contributed by atoms with Crippen LogP contribution in [0.5, 0.6) is 0 Å². The minimum atomic E-state index is -0.392. The molecule has 0 radical (unpaired) electrons. The molecule has 1 heterocycles. The Morgan fingerprint density at radius 1 is 0.909 bits per heavy atom. The Bertz CT molecular complexity index is 572. The van der Waals surface area contributed by atoms with Crippen molar-refractivity contribution in [1.82, 2.24) is 4.90 Å². The van der Waals surface area contributed by atoms with Crippen LogP contribution in [0, 0.1) is 0 Å². The van der Waals surface area contributed by atoms with Crippen molar-refractivity contribution in [2.24, 2.45) is 0 Å². The second-order valence-electron chi connectivity index (χ2n) is 6.02. The fourth-order valence-corrected chi connectivity index (χ4v) is 2.97. The van der Waals surface area contributed by atoms with Crippen molar-refractivity contribution in [3.8, 4) is 0 Å². The zero-order valence-electron chi connectivity index (χ0n) is 13.2. The van der Waals surface area contributed by atoms with Crippen LogP contribution in [0.25, 0.3) is 0 Å². The van der Waals surface area contributed by atoms with Crippen LogP contribution in [0.15, 0.2) is 54.6 Å². The average Bonchev–Trinajstić information content (AvgIpc) is 2.57. The third-order valence-corrected chi connectivity index (χ3v) is 4.36. The molecule has 1 unspecified atom stereocenters. The number of anilines is 1. The van der Waals surface area contributed by atoms with E-state index in [-0.39, 0.29) is 0 Å². The summed E-state index contributed by atoms with van der Waals surface area (Å²) < 4.78 is 0. The highest BCUT2D eigenvalue weighted by molar-refractivity contribution is 5.48. The SMILES string of the molecule is CC(O)c1ccc(N2CCN(Cc3ccccc3)CC2)cc1. The number of benzene rings is 2. The lowest BCUT2D eigenvalue weighted by molar-refractivity contribution is 0.199. The summed E-state index contributed by atoms with van der Waals surface area (Å²) in [4.78, 5) is 4.93. The Kier molecular flexibility index (Phi) is 4.76. The highest BCUT2D eigenvalue weighted by Crippen LogP contribution is 2.20. The predicted octanol–water partition coefficient (Wildman–Crippen LogP) is 3.06. The predicted molar refractivity (Wildman–Crippen MR) is 91.0 cm³/mol. The molecule has 1 aliphatic rings. The first-order valence-electron chi connectivity index (χ1n) is 8.01. The molecule has 1 fully saturated rings. The van der Waals surface area contributed by atoms with Crippen molar-refractivity contribution in [3.63, 3.8) is 0 Å². The Hall–Kier alpha value is -1.84. The van der Waals surface area contributed by atoms with Gasteiger partial charge in [0.1, 0.15) is 0 Å². The summed E-state index contributed by atoms with van der Waals surface area (Å²) in [6.45, 7) is 7.13. The van der Waals surface area contributed by atoms with Crippen LogP contribution in [-0.2, 0) is 6.54 Å². The Balaban J connectivity index is 1.55. The third kappa shape index (κ3) is 3.67. The van der Waals surface area contributed by atoms with Crippen molar-refractivity contribution in [1.29, 1.82) is 0 Å². The molecular formula is C19H24N2O. The second-order valence-corrected chi connectivity index (χ2v) is 6.02. The molecule has 1 aliphatic heterocycles. The lowest BCUT2D eigenvalue weighted by Gasteiger charge is -2.36. The number of aliphatic hydroxyl groups excluding tert-OH is 1. The van der Waals surface area contributed by atoms with E-state index < -0.39 is 6.10 Å². The summed E-state index contributed by atoms with van der Waals surface area (Å²) in [6.07, 6.45) is -0.392. The van der Waals surface area contributed by atoms with Crippen LogP contribution in [0.2, 0.25) is 0 Å². The van der Waals surface area contributed by atoms with E-state index in [1.807, 2.05) is 12.1 Å². The molecule has 22 heavy (non-hydrogen) atoms. The molecule has 1 N–H and O–H groups in total. The summed E-state index contributed by atoms with van der Waals surface area (Å²) in [6, 6.07) is 19.0. The molecule has 3 rings (SSSR count). The number of nitrogens with zero attached hydrogens (tertiary/aromatic N) is 2. The van der Waals surface area contributed by atoms with Gasteiger partial charge in [-0.2, -0.15) is 0 Å². The Morgan fingerprint density at radius 3 is 2.14 bits per heavy atom. The maximum atomic E-state index is 9.58. The minimum absolute atomic E-state index is 0.392. The van der Waals surface area contributed by atoms with Gasteiger partial charge in [0.25, 0.3) is 0 Å². The van der Waals surface area contributed by atoms with Crippen LogP contribution in [0.1, 0.15) is 24.2 Å². The van der Waals surface area contributed by atoms with E-state index in [1.54, 1.807) is 6.92 Å². The first-order chi connectivity index (χ1) is 10.7. The monoisotopic (exact) mass is 296 g/mol. The molecule has 3 nitrogen and oxygen atoms in total. The van der Waals surface area contributed by atoms with Gasteiger partial charge in [-0.15, -0.1) is 0 Å². The molecule has 1 saturated heterocycles. The second kappa shape index (κ2) is 6.95. The molecule has 0 bridgehead atoms. The van der Waals surface area contributed by atoms with Gasteiger partial charge in [-0.3, -0.25) is 4.90 Å². The molecule has 0 aromatic heterocycles.